The predicted molar refractivity (Wildman–Crippen MR) is 117 cm³/mol. The minimum atomic E-state index is -0.456. The molecule has 1 N–H and O–H groups in total. The van der Waals surface area contributed by atoms with Crippen molar-refractivity contribution in [2.45, 2.75) is 91.1 Å². The van der Waals surface area contributed by atoms with E-state index in [9.17, 15) is 4.79 Å². The lowest BCUT2D eigenvalue weighted by atomic mass is 9.76. The number of ether oxygens (including phenoxy) is 1. The number of carbonyl (C=O) groups excluding carboxylic acids is 1. The standard InChI is InChI=1S/C24H38N2O2/c1-7-8-9-12-16-24(6)19(2)26(21-15-11-10-14-20(21)24)18-13-17-25-22(27)28-23(3,4)5/h10-11,14-15H,7-9,12-13,16-18H2,1-6H3/p+1. The molecule has 1 atom stereocenters. The Morgan fingerprint density at radius 3 is 2.54 bits per heavy atom. The molecule has 4 heteroatoms. The maximum atomic E-state index is 11.8. The molecule has 1 amide bonds. The molecule has 0 spiro atoms. The highest BCUT2D eigenvalue weighted by Gasteiger charge is 2.45. The van der Waals surface area contributed by atoms with Gasteiger partial charge in [0.05, 0.1) is 5.41 Å². The van der Waals surface area contributed by atoms with Crippen LogP contribution in [0.15, 0.2) is 24.3 Å². The molecule has 4 nitrogen and oxygen atoms in total. The van der Waals surface area contributed by atoms with Gasteiger partial charge in [-0.25, -0.2) is 4.79 Å². The number of amides is 1. The van der Waals surface area contributed by atoms with Gasteiger partial charge in [-0.3, -0.25) is 0 Å². The molecule has 0 radical (unpaired) electrons. The minimum Gasteiger partial charge on any atom is -0.444 e. The summed E-state index contributed by atoms with van der Waals surface area (Å²) in [4.78, 5) is 11.8. The highest BCUT2D eigenvalue weighted by atomic mass is 16.6. The van der Waals surface area contributed by atoms with E-state index in [2.05, 4.69) is 54.9 Å². The molecule has 0 aliphatic carbocycles. The molecular formula is C24H39N2O2+. The van der Waals surface area contributed by atoms with Crippen LogP contribution >= 0.6 is 0 Å². The van der Waals surface area contributed by atoms with E-state index in [-0.39, 0.29) is 11.5 Å². The van der Waals surface area contributed by atoms with Gasteiger partial charge < -0.3 is 10.1 Å². The molecule has 0 saturated heterocycles. The molecule has 0 aromatic heterocycles. The molecule has 0 bridgehead atoms. The fourth-order valence-electron chi connectivity index (χ4n) is 4.10. The van der Waals surface area contributed by atoms with E-state index in [0.29, 0.717) is 6.54 Å². The van der Waals surface area contributed by atoms with Crippen molar-refractivity contribution >= 4 is 17.5 Å². The van der Waals surface area contributed by atoms with E-state index in [1.54, 1.807) is 0 Å². The topological polar surface area (TPSA) is 41.3 Å². The highest BCUT2D eigenvalue weighted by Crippen LogP contribution is 2.42. The Morgan fingerprint density at radius 2 is 1.86 bits per heavy atom. The van der Waals surface area contributed by atoms with Crippen LogP contribution in [0.4, 0.5) is 10.5 Å². The first-order chi connectivity index (χ1) is 13.2. The molecule has 1 aromatic rings. The first-order valence-electron chi connectivity index (χ1n) is 10.9. The van der Waals surface area contributed by atoms with Crippen LogP contribution in [0.25, 0.3) is 0 Å². The monoisotopic (exact) mass is 387 g/mol. The lowest BCUT2D eigenvalue weighted by Crippen LogP contribution is -2.34. The number of benzene rings is 1. The lowest BCUT2D eigenvalue weighted by molar-refractivity contribution is -0.439. The number of rotatable bonds is 9. The van der Waals surface area contributed by atoms with E-state index >= 15 is 0 Å². The molecular weight excluding hydrogens is 348 g/mol. The van der Waals surface area contributed by atoms with Gasteiger partial charge in [0.15, 0.2) is 12.3 Å². The largest absolute Gasteiger partial charge is 0.444 e. The SMILES string of the molecule is CCCCCCC1(C)C(C)=[N+](CCCNC(=O)OC(C)(C)C)c2ccccc21. The summed E-state index contributed by atoms with van der Waals surface area (Å²) in [5.74, 6) is 0. The summed E-state index contributed by atoms with van der Waals surface area (Å²) in [6, 6.07) is 8.81. The van der Waals surface area contributed by atoms with Crippen LogP contribution < -0.4 is 5.32 Å². The Kier molecular flexibility index (Phi) is 7.68. The van der Waals surface area contributed by atoms with E-state index in [0.717, 1.165) is 13.0 Å². The van der Waals surface area contributed by atoms with Gasteiger partial charge in [0.2, 0.25) is 5.69 Å². The average Bonchev–Trinajstić information content (AvgIpc) is 2.83. The van der Waals surface area contributed by atoms with E-state index in [1.807, 2.05) is 20.8 Å². The molecule has 0 saturated carbocycles. The van der Waals surface area contributed by atoms with Crippen LogP contribution in [0.2, 0.25) is 0 Å². The van der Waals surface area contributed by atoms with Crippen LogP contribution in [0.1, 0.15) is 85.6 Å². The summed E-state index contributed by atoms with van der Waals surface area (Å²) >= 11 is 0. The quantitative estimate of drug-likeness (QED) is 0.420. The second-order valence-corrected chi connectivity index (χ2v) is 9.18. The van der Waals surface area contributed by atoms with Crippen molar-refractivity contribution in [3.8, 4) is 0 Å². The molecule has 1 aliphatic heterocycles. The van der Waals surface area contributed by atoms with Gasteiger partial charge in [0.25, 0.3) is 0 Å². The molecule has 28 heavy (non-hydrogen) atoms. The molecule has 2 rings (SSSR count). The summed E-state index contributed by atoms with van der Waals surface area (Å²) in [5.41, 5.74) is 3.87. The highest BCUT2D eigenvalue weighted by molar-refractivity contribution is 5.93. The zero-order valence-electron chi connectivity index (χ0n) is 18.7. The second-order valence-electron chi connectivity index (χ2n) is 9.18. The number of hydrogen-bond donors (Lipinski definition) is 1. The zero-order chi connectivity index (χ0) is 20.8. The fourth-order valence-corrected chi connectivity index (χ4v) is 4.10. The summed E-state index contributed by atoms with van der Waals surface area (Å²) in [5, 5.41) is 2.87. The van der Waals surface area contributed by atoms with Crippen molar-refractivity contribution in [2.75, 3.05) is 13.1 Å². The minimum absolute atomic E-state index is 0.114. The van der Waals surface area contributed by atoms with Crippen molar-refractivity contribution in [2.24, 2.45) is 0 Å². The van der Waals surface area contributed by atoms with Crippen molar-refractivity contribution in [3.05, 3.63) is 29.8 Å². The van der Waals surface area contributed by atoms with Gasteiger partial charge in [-0.2, -0.15) is 4.58 Å². The summed E-state index contributed by atoms with van der Waals surface area (Å²) in [6.07, 6.45) is 6.91. The van der Waals surface area contributed by atoms with Gasteiger partial charge in [-0.05, 0) is 34.1 Å². The summed E-state index contributed by atoms with van der Waals surface area (Å²) in [6.45, 7) is 14.1. The van der Waals surface area contributed by atoms with Crippen LogP contribution in [-0.4, -0.2) is 35.1 Å². The maximum Gasteiger partial charge on any atom is 0.407 e. The summed E-state index contributed by atoms with van der Waals surface area (Å²) < 4.78 is 7.77. The average molecular weight is 388 g/mol. The van der Waals surface area contributed by atoms with Crippen molar-refractivity contribution in [3.63, 3.8) is 0 Å². The van der Waals surface area contributed by atoms with Crippen molar-refractivity contribution in [1.29, 1.82) is 0 Å². The third kappa shape index (κ3) is 5.59. The van der Waals surface area contributed by atoms with Crippen LogP contribution in [0, 0.1) is 0 Å². The molecule has 1 aromatic carbocycles. The third-order valence-electron chi connectivity index (χ3n) is 5.75. The number of carbonyl (C=O) groups is 1. The van der Waals surface area contributed by atoms with Crippen LogP contribution in [0.3, 0.4) is 0 Å². The van der Waals surface area contributed by atoms with Gasteiger partial charge in [0, 0.05) is 31.5 Å². The smallest absolute Gasteiger partial charge is 0.407 e. The fraction of sp³-hybridized carbons (Fsp3) is 0.667. The van der Waals surface area contributed by atoms with Gasteiger partial charge >= 0.3 is 6.09 Å². The van der Waals surface area contributed by atoms with Gasteiger partial charge in [-0.1, -0.05) is 50.8 Å². The zero-order valence-corrected chi connectivity index (χ0v) is 18.7. The first-order valence-corrected chi connectivity index (χ1v) is 10.9. The maximum absolute atomic E-state index is 11.8. The third-order valence-corrected chi connectivity index (χ3v) is 5.75. The molecule has 156 valence electrons. The number of alkyl carbamates (subject to hydrolysis) is 1. The van der Waals surface area contributed by atoms with E-state index < -0.39 is 5.60 Å². The Morgan fingerprint density at radius 1 is 1.14 bits per heavy atom. The molecule has 0 fully saturated rings. The molecule has 1 unspecified atom stereocenters. The number of hydrogen-bond acceptors (Lipinski definition) is 2. The lowest BCUT2D eigenvalue weighted by Gasteiger charge is -2.22. The van der Waals surface area contributed by atoms with E-state index in [1.165, 1.54) is 49.1 Å². The van der Waals surface area contributed by atoms with Crippen LogP contribution in [0.5, 0.6) is 0 Å². The number of para-hydroxylation sites is 1. The number of unbranched alkanes of at least 4 members (excludes halogenated alkanes) is 3. The number of nitrogens with zero attached hydrogens (tertiary/aromatic N) is 1. The van der Waals surface area contributed by atoms with Gasteiger partial charge in [-0.15, -0.1) is 0 Å². The van der Waals surface area contributed by atoms with Crippen LogP contribution in [-0.2, 0) is 10.2 Å². The normalized spacial score (nSPS) is 18.9. The Hall–Kier alpha value is -1.84. The van der Waals surface area contributed by atoms with Gasteiger partial charge in [0.1, 0.15) is 5.60 Å². The summed E-state index contributed by atoms with van der Waals surface area (Å²) in [7, 11) is 0. The number of nitrogens with one attached hydrogen (secondary N) is 1. The first kappa shape index (κ1) is 22.4. The second kappa shape index (κ2) is 9.58. The number of fused-ring (bicyclic) bond motifs is 1. The molecule has 1 heterocycles. The Labute approximate surface area is 171 Å². The van der Waals surface area contributed by atoms with Crippen molar-refractivity contribution in [1.82, 2.24) is 5.32 Å². The van der Waals surface area contributed by atoms with Crippen molar-refractivity contribution < 1.29 is 14.1 Å². The van der Waals surface area contributed by atoms with E-state index in [4.69, 9.17) is 4.74 Å². The molecule has 1 aliphatic rings. The predicted octanol–water partition coefficient (Wildman–Crippen LogP) is 5.95. The Bertz CT molecular complexity index is 703. The Balaban J connectivity index is 2.01.